The van der Waals surface area contributed by atoms with Crippen molar-refractivity contribution in [2.75, 3.05) is 19.8 Å². The van der Waals surface area contributed by atoms with Crippen LogP contribution in [0.2, 0.25) is 0 Å². The molecule has 2 N–H and O–H groups in total. The first-order valence-electron chi connectivity index (χ1n) is 7.05. The fourth-order valence-electron chi connectivity index (χ4n) is 2.96. The monoisotopic (exact) mass is 267 g/mol. The molecular weight excluding hydrogens is 250 g/mol. The molecule has 2 aromatic heterocycles. The third-order valence-corrected chi connectivity index (χ3v) is 3.95. The average Bonchev–Trinajstić information content (AvgIpc) is 2.86. The molecule has 102 valence electrons. The summed E-state index contributed by atoms with van der Waals surface area (Å²) >= 11 is 0. The molecule has 1 fully saturated rings. The van der Waals surface area contributed by atoms with E-state index < -0.39 is 0 Å². The summed E-state index contributed by atoms with van der Waals surface area (Å²) < 4.78 is 5.51. The molecule has 3 aromatic rings. The standard InChI is InChI=1S/C16H17N3O/c1-2-13-14-9-17-4-3-15(14)19-16(13)8-11(1)7-12-10-20-6-5-18-12/h1-4,8-9,12,18-19H,5-7,10H2. The summed E-state index contributed by atoms with van der Waals surface area (Å²) in [4.78, 5) is 7.67. The molecule has 20 heavy (non-hydrogen) atoms. The normalized spacial score (nSPS) is 19.7. The molecule has 1 aliphatic heterocycles. The van der Waals surface area contributed by atoms with Gasteiger partial charge in [-0.2, -0.15) is 0 Å². The smallest absolute Gasteiger partial charge is 0.0623 e. The zero-order valence-corrected chi connectivity index (χ0v) is 11.2. The summed E-state index contributed by atoms with van der Waals surface area (Å²) in [6.07, 6.45) is 4.75. The van der Waals surface area contributed by atoms with E-state index in [2.05, 4.69) is 33.5 Å². The average molecular weight is 267 g/mol. The van der Waals surface area contributed by atoms with Gasteiger partial charge in [0.2, 0.25) is 0 Å². The number of aromatic nitrogens is 2. The number of nitrogens with zero attached hydrogens (tertiary/aromatic N) is 1. The van der Waals surface area contributed by atoms with Crippen molar-refractivity contribution in [3.8, 4) is 0 Å². The molecule has 1 aliphatic rings. The van der Waals surface area contributed by atoms with Crippen LogP contribution in [0.4, 0.5) is 0 Å². The number of aromatic amines is 1. The van der Waals surface area contributed by atoms with E-state index in [1.807, 2.05) is 18.5 Å². The van der Waals surface area contributed by atoms with E-state index in [0.29, 0.717) is 6.04 Å². The molecule has 1 atom stereocenters. The molecule has 1 aromatic carbocycles. The highest BCUT2D eigenvalue weighted by molar-refractivity contribution is 6.06. The number of pyridine rings is 1. The van der Waals surface area contributed by atoms with Gasteiger partial charge in [0.1, 0.15) is 0 Å². The summed E-state index contributed by atoms with van der Waals surface area (Å²) in [5.41, 5.74) is 3.66. The van der Waals surface area contributed by atoms with Crippen molar-refractivity contribution < 1.29 is 4.74 Å². The maximum atomic E-state index is 5.51. The number of morpholine rings is 1. The number of hydrogen-bond donors (Lipinski definition) is 2. The number of nitrogens with one attached hydrogen (secondary N) is 2. The van der Waals surface area contributed by atoms with Crippen molar-refractivity contribution in [2.45, 2.75) is 12.5 Å². The molecule has 1 unspecified atom stereocenters. The predicted molar refractivity (Wildman–Crippen MR) is 79.9 cm³/mol. The fraction of sp³-hybridized carbons (Fsp3) is 0.312. The third kappa shape index (κ3) is 2.07. The molecule has 4 rings (SSSR count). The summed E-state index contributed by atoms with van der Waals surface area (Å²) in [5, 5.41) is 5.93. The Balaban J connectivity index is 1.69. The van der Waals surface area contributed by atoms with E-state index in [9.17, 15) is 0 Å². The van der Waals surface area contributed by atoms with Crippen LogP contribution in [0.15, 0.2) is 36.7 Å². The SMILES string of the molecule is c1cc2[nH]c3cc(CC4COCCN4)ccc3c2cn1. The van der Waals surface area contributed by atoms with E-state index in [4.69, 9.17) is 4.74 Å². The summed E-state index contributed by atoms with van der Waals surface area (Å²) in [6, 6.07) is 9.08. The van der Waals surface area contributed by atoms with Gasteiger partial charge in [-0.15, -0.1) is 0 Å². The van der Waals surface area contributed by atoms with Crippen molar-refractivity contribution in [3.63, 3.8) is 0 Å². The van der Waals surface area contributed by atoms with Crippen LogP contribution in [0.3, 0.4) is 0 Å². The summed E-state index contributed by atoms with van der Waals surface area (Å²) in [6.45, 7) is 2.57. The summed E-state index contributed by atoms with van der Waals surface area (Å²) in [5.74, 6) is 0. The number of H-pyrrole nitrogens is 1. The Hall–Kier alpha value is -1.91. The highest BCUT2D eigenvalue weighted by atomic mass is 16.5. The van der Waals surface area contributed by atoms with E-state index in [1.165, 1.54) is 21.9 Å². The molecule has 4 nitrogen and oxygen atoms in total. The van der Waals surface area contributed by atoms with Gasteiger partial charge in [0, 0.05) is 46.8 Å². The second-order valence-corrected chi connectivity index (χ2v) is 5.36. The number of rotatable bonds is 2. The van der Waals surface area contributed by atoms with E-state index in [1.54, 1.807) is 0 Å². The van der Waals surface area contributed by atoms with Crippen molar-refractivity contribution in [2.24, 2.45) is 0 Å². The zero-order valence-electron chi connectivity index (χ0n) is 11.2. The maximum absolute atomic E-state index is 5.51. The topological polar surface area (TPSA) is 49.9 Å². The minimum Gasteiger partial charge on any atom is -0.379 e. The lowest BCUT2D eigenvalue weighted by Gasteiger charge is -2.23. The Labute approximate surface area is 117 Å². The lowest BCUT2D eigenvalue weighted by Crippen LogP contribution is -2.42. The Morgan fingerprint density at radius 3 is 3.10 bits per heavy atom. The number of hydrogen-bond acceptors (Lipinski definition) is 3. The van der Waals surface area contributed by atoms with Crippen molar-refractivity contribution in [1.29, 1.82) is 0 Å². The molecule has 0 bridgehead atoms. The van der Waals surface area contributed by atoms with Gasteiger partial charge in [-0.05, 0) is 24.1 Å². The number of fused-ring (bicyclic) bond motifs is 3. The molecule has 3 heterocycles. The van der Waals surface area contributed by atoms with Gasteiger partial charge >= 0.3 is 0 Å². The van der Waals surface area contributed by atoms with Crippen LogP contribution >= 0.6 is 0 Å². The Kier molecular flexibility index (Phi) is 2.90. The first kappa shape index (κ1) is 11.9. The van der Waals surface area contributed by atoms with E-state index >= 15 is 0 Å². The van der Waals surface area contributed by atoms with Gasteiger partial charge in [-0.3, -0.25) is 4.98 Å². The summed E-state index contributed by atoms with van der Waals surface area (Å²) in [7, 11) is 0. The van der Waals surface area contributed by atoms with Gasteiger partial charge in [-0.25, -0.2) is 0 Å². The molecule has 0 saturated carbocycles. The van der Waals surface area contributed by atoms with Crippen LogP contribution in [0.1, 0.15) is 5.56 Å². The Bertz CT molecular complexity index is 744. The first-order valence-corrected chi connectivity index (χ1v) is 7.05. The largest absolute Gasteiger partial charge is 0.379 e. The van der Waals surface area contributed by atoms with E-state index in [-0.39, 0.29) is 0 Å². The van der Waals surface area contributed by atoms with Crippen LogP contribution in [0.5, 0.6) is 0 Å². The van der Waals surface area contributed by atoms with Crippen LogP contribution in [-0.2, 0) is 11.2 Å². The molecular formula is C16H17N3O. The Morgan fingerprint density at radius 2 is 2.20 bits per heavy atom. The van der Waals surface area contributed by atoms with Crippen molar-refractivity contribution in [1.82, 2.24) is 15.3 Å². The van der Waals surface area contributed by atoms with Crippen LogP contribution < -0.4 is 5.32 Å². The third-order valence-electron chi connectivity index (χ3n) is 3.95. The van der Waals surface area contributed by atoms with Gasteiger partial charge in [0.05, 0.1) is 13.2 Å². The van der Waals surface area contributed by atoms with Crippen molar-refractivity contribution >= 4 is 21.8 Å². The first-order chi connectivity index (χ1) is 9.90. The predicted octanol–water partition coefficient (Wildman–Crippen LogP) is 2.25. The fourth-order valence-corrected chi connectivity index (χ4v) is 2.96. The molecule has 0 radical (unpaired) electrons. The molecule has 0 aliphatic carbocycles. The molecule has 0 spiro atoms. The van der Waals surface area contributed by atoms with Crippen LogP contribution in [-0.4, -0.2) is 35.8 Å². The van der Waals surface area contributed by atoms with Gasteiger partial charge in [0.15, 0.2) is 0 Å². The second kappa shape index (κ2) is 4.89. The molecule has 4 heteroatoms. The maximum Gasteiger partial charge on any atom is 0.0623 e. The Morgan fingerprint density at radius 1 is 1.20 bits per heavy atom. The van der Waals surface area contributed by atoms with Crippen LogP contribution in [0, 0.1) is 0 Å². The number of benzene rings is 1. The lowest BCUT2D eigenvalue weighted by molar-refractivity contribution is 0.0770. The lowest BCUT2D eigenvalue weighted by atomic mass is 10.0. The highest BCUT2D eigenvalue weighted by Crippen LogP contribution is 2.25. The highest BCUT2D eigenvalue weighted by Gasteiger charge is 2.14. The second-order valence-electron chi connectivity index (χ2n) is 5.36. The van der Waals surface area contributed by atoms with Crippen molar-refractivity contribution in [3.05, 3.63) is 42.2 Å². The zero-order chi connectivity index (χ0) is 13.4. The minimum absolute atomic E-state index is 0.423. The van der Waals surface area contributed by atoms with Gasteiger partial charge in [-0.1, -0.05) is 12.1 Å². The van der Waals surface area contributed by atoms with E-state index in [0.717, 1.165) is 31.7 Å². The van der Waals surface area contributed by atoms with Crippen LogP contribution in [0.25, 0.3) is 21.8 Å². The molecule has 1 saturated heterocycles. The number of ether oxygens (including phenoxy) is 1. The minimum atomic E-state index is 0.423. The molecule has 0 amide bonds. The quantitative estimate of drug-likeness (QED) is 0.748. The van der Waals surface area contributed by atoms with Gasteiger partial charge < -0.3 is 15.0 Å². The van der Waals surface area contributed by atoms with Gasteiger partial charge in [0.25, 0.3) is 0 Å².